The molecule has 24 heavy (non-hydrogen) atoms. The van der Waals surface area contributed by atoms with Crippen LogP contribution >= 0.6 is 0 Å². The first-order chi connectivity index (χ1) is 11.6. The van der Waals surface area contributed by atoms with Crippen LogP contribution in [-0.2, 0) is 11.3 Å². The second-order valence-corrected chi connectivity index (χ2v) is 6.91. The van der Waals surface area contributed by atoms with Crippen molar-refractivity contribution in [3.8, 4) is 0 Å². The number of para-hydroxylation sites is 1. The van der Waals surface area contributed by atoms with E-state index in [2.05, 4.69) is 66.9 Å². The number of amides is 1. The maximum atomic E-state index is 12.9. The van der Waals surface area contributed by atoms with Crippen molar-refractivity contribution in [3.63, 3.8) is 0 Å². The SMILES string of the molecule is CCN(CC)C(=O)[C@H]1C=C2c3cccc4ccn(c34)C[C@H]2N(C)C1. The first-order valence-corrected chi connectivity index (χ1v) is 8.93. The monoisotopic (exact) mass is 323 g/mol. The minimum Gasteiger partial charge on any atom is -0.345 e. The van der Waals surface area contributed by atoms with E-state index in [1.165, 1.54) is 22.0 Å². The Balaban J connectivity index is 1.80. The Bertz CT molecular complexity index is 815. The summed E-state index contributed by atoms with van der Waals surface area (Å²) in [6.07, 6.45) is 4.43. The highest BCUT2D eigenvalue weighted by Gasteiger charge is 2.36. The lowest BCUT2D eigenvalue weighted by atomic mass is 9.85. The summed E-state index contributed by atoms with van der Waals surface area (Å²) >= 11 is 0. The van der Waals surface area contributed by atoms with E-state index in [1.54, 1.807) is 0 Å². The van der Waals surface area contributed by atoms with Crippen molar-refractivity contribution in [1.82, 2.24) is 14.4 Å². The molecule has 1 aromatic heterocycles. The van der Waals surface area contributed by atoms with Crippen molar-refractivity contribution in [2.75, 3.05) is 26.7 Å². The molecule has 4 rings (SSSR count). The molecule has 0 bridgehead atoms. The van der Waals surface area contributed by atoms with Crippen LogP contribution in [0.1, 0.15) is 19.4 Å². The van der Waals surface area contributed by atoms with Gasteiger partial charge in [0, 0.05) is 43.3 Å². The molecular formula is C20H25N3O. The van der Waals surface area contributed by atoms with Gasteiger partial charge in [-0.15, -0.1) is 0 Å². The van der Waals surface area contributed by atoms with Gasteiger partial charge in [0.05, 0.1) is 17.5 Å². The maximum absolute atomic E-state index is 12.9. The number of aromatic nitrogens is 1. The molecule has 0 spiro atoms. The van der Waals surface area contributed by atoms with Gasteiger partial charge in [0.1, 0.15) is 0 Å². The fourth-order valence-electron chi connectivity index (χ4n) is 4.31. The first kappa shape index (κ1) is 15.5. The van der Waals surface area contributed by atoms with Gasteiger partial charge >= 0.3 is 0 Å². The molecule has 4 nitrogen and oxygen atoms in total. The Hall–Kier alpha value is -2.07. The number of hydrogen-bond donors (Lipinski definition) is 0. The Morgan fingerprint density at radius 2 is 2.00 bits per heavy atom. The van der Waals surface area contributed by atoms with Crippen LogP contribution in [0.5, 0.6) is 0 Å². The van der Waals surface area contributed by atoms with Gasteiger partial charge in [-0.2, -0.15) is 0 Å². The summed E-state index contributed by atoms with van der Waals surface area (Å²) in [4.78, 5) is 17.2. The van der Waals surface area contributed by atoms with E-state index in [4.69, 9.17) is 0 Å². The Kier molecular flexibility index (Phi) is 3.72. The van der Waals surface area contributed by atoms with Crippen LogP contribution < -0.4 is 0 Å². The van der Waals surface area contributed by atoms with Crippen molar-refractivity contribution in [2.45, 2.75) is 26.4 Å². The Morgan fingerprint density at radius 1 is 1.21 bits per heavy atom. The molecule has 0 N–H and O–H groups in total. The van der Waals surface area contributed by atoms with Gasteiger partial charge in [-0.1, -0.05) is 24.3 Å². The number of carbonyl (C=O) groups excluding carboxylic acids is 1. The zero-order valence-electron chi connectivity index (χ0n) is 14.7. The molecule has 2 aliphatic heterocycles. The highest BCUT2D eigenvalue weighted by Crippen LogP contribution is 2.38. The van der Waals surface area contributed by atoms with Gasteiger partial charge in [0.2, 0.25) is 5.91 Å². The van der Waals surface area contributed by atoms with E-state index >= 15 is 0 Å². The van der Waals surface area contributed by atoms with Crippen molar-refractivity contribution < 1.29 is 4.79 Å². The first-order valence-electron chi connectivity index (χ1n) is 8.93. The Labute approximate surface area is 143 Å². The van der Waals surface area contributed by atoms with Gasteiger partial charge in [-0.3, -0.25) is 9.69 Å². The highest BCUT2D eigenvalue weighted by molar-refractivity contribution is 5.96. The lowest BCUT2D eigenvalue weighted by molar-refractivity contribution is -0.134. The summed E-state index contributed by atoms with van der Waals surface area (Å²) in [5, 5.41) is 1.28. The van der Waals surface area contributed by atoms with Crippen LogP contribution in [0.2, 0.25) is 0 Å². The molecule has 2 atom stereocenters. The van der Waals surface area contributed by atoms with Crippen molar-refractivity contribution >= 4 is 22.4 Å². The average molecular weight is 323 g/mol. The molecule has 1 amide bonds. The van der Waals surface area contributed by atoms with Crippen LogP contribution in [0.15, 0.2) is 36.5 Å². The molecule has 2 aromatic rings. The van der Waals surface area contributed by atoms with Crippen molar-refractivity contribution in [2.24, 2.45) is 5.92 Å². The van der Waals surface area contributed by atoms with Crippen LogP contribution in [-0.4, -0.2) is 53.0 Å². The summed E-state index contributed by atoms with van der Waals surface area (Å²) in [6, 6.07) is 9.04. The zero-order chi connectivity index (χ0) is 16.8. The topological polar surface area (TPSA) is 28.5 Å². The average Bonchev–Trinajstić information content (AvgIpc) is 3.01. The predicted octanol–water partition coefficient (Wildman–Crippen LogP) is 2.84. The fourth-order valence-corrected chi connectivity index (χ4v) is 4.31. The number of fused-ring (bicyclic) bond motifs is 2. The Morgan fingerprint density at radius 3 is 2.75 bits per heavy atom. The molecule has 0 saturated heterocycles. The number of nitrogens with zero attached hydrogens (tertiary/aromatic N) is 3. The highest BCUT2D eigenvalue weighted by atomic mass is 16.2. The number of carbonyl (C=O) groups is 1. The molecule has 2 aliphatic rings. The standard InChI is InChI=1S/C20H25N3O/c1-4-22(5-2)20(24)15-11-17-16-8-6-7-14-9-10-23(19(14)16)13-18(17)21(3)12-15/h6-11,15,18H,4-5,12-13H2,1-3H3/t15-,18+/m0/s1. The van der Waals surface area contributed by atoms with E-state index in [0.29, 0.717) is 6.04 Å². The van der Waals surface area contributed by atoms with Crippen LogP contribution in [0.25, 0.3) is 16.5 Å². The normalized spacial score (nSPS) is 23.0. The van der Waals surface area contributed by atoms with E-state index < -0.39 is 0 Å². The summed E-state index contributed by atoms with van der Waals surface area (Å²) in [5.41, 5.74) is 3.92. The zero-order valence-corrected chi connectivity index (χ0v) is 14.7. The molecule has 0 fully saturated rings. The molecule has 0 aliphatic carbocycles. The van der Waals surface area contributed by atoms with E-state index in [1.807, 2.05) is 4.90 Å². The fraction of sp³-hybridized carbons (Fsp3) is 0.450. The number of rotatable bonds is 3. The van der Waals surface area contributed by atoms with Gasteiger partial charge in [-0.25, -0.2) is 0 Å². The lowest BCUT2D eigenvalue weighted by Gasteiger charge is -2.41. The van der Waals surface area contributed by atoms with Crippen LogP contribution in [0.4, 0.5) is 0 Å². The van der Waals surface area contributed by atoms with Crippen LogP contribution in [0.3, 0.4) is 0 Å². The molecule has 1 aromatic carbocycles. The third kappa shape index (κ3) is 2.20. The smallest absolute Gasteiger partial charge is 0.230 e. The molecule has 126 valence electrons. The molecular weight excluding hydrogens is 298 g/mol. The largest absolute Gasteiger partial charge is 0.345 e. The van der Waals surface area contributed by atoms with E-state index in [0.717, 1.165) is 26.2 Å². The summed E-state index contributed by atoms with van der Waals surface area (Å²) < 4.78 is 2.36. The molecule has 0 radical (unpaired) electrons. The van der Waals surface area contributed by atoms with E-state index in [-0.39, 0.29) is 11.8 Å². The summed E-state index contributed by atoms with van der Waals surface area (Å²) in [5.74, 6) is 0.212. The van der Waals surface area contributed by atoms with Crippen LogP contribution in [0, 0.1) is 5.92 Å². The third-order valence-corrected chi connectivity index (χ3v) is 5.62. The molecule has 0 unspecified atom stereocenters. The molecule has 0 saturated carbocycles. The van der Waals surface area contributed by atoms with Crippen molar-refractivity contribution in [1.29, 1.82) is 0 Å². The van der Waals surface area contributed by atoms with Gasteiger partial charge in [-0.05, 0) is 32.5 Å². The predicted molar refractivity (Wildman–Crippen MR) is 97.8 cm³/mol. The maximum Gasteiger partial charge on any atom is 0.230 e. The number of hydrogen-bond acceptors (Lipinski definition) is 2. The minimum atomic E-state index is -0.0436. The number of benzene rings is 1. The summed E-state index contributed by atoms with van der Waals surface area (Å²) in [6.45, 7) is 7.43. The van der Waals surface area contributed by atoms with Crippen molar-refractivity contribution in [3.05, 3.63) is 42.1 Å². The molecule has 3 heterocycles. The lowest BCUT2D eigenvalue weighted by Crippen LogP contribution is -2.48. The molecule has 4 heteroatoms. The summed E-state index contributed by atoms with van der Waals surface area (Å²) in [7, 11) is 2.15. The number of likely N-dealkylation sites (N-methyl/N-ethyl adjacent to an activating group) is 1. The minimum absolute atomic E-state index is 0.0436. The van der Waals surface area contributed by atoms with E-state index in [9.17, 15) is 4.79 Å². The van der Waals surface area contributed by atoms with Gasteiger partial charge in [0.25, 0.3) is 0 Å². The van der Waals surface area contributed by atoms with Gasteiger partial charge in [0.15, 0.2) is 0 Å². The van der Waals surface area contributed by atoms with Gasteiger partial charge < -0.3 is 9.47 Å². The second-order valence-electron chi connectivity index (χ2n) is 6.91. The second kappa shape index (κ2) is 5.78. The quantitative estimate of drug-likeness (QED) is 0.869. The third-order valence-electron chi connectivity index (χ3n) is 5.62.